The molecule has 3 nitrogen and oxygen atoms in total. The van der Waals surface area contributed by atoms with Crippen LogP contribution >= 0.6 is 11.5 Å². The monoisotopic (exact) mass is 171 g/mol. The molecular formula is C7H13N3S. The third-order valence-corrected chi connectivity index (χ3v) is 2.53. The summed E-state index contributed by atoms with van der Waals surface area (Å²) in [5.74, 6) is 0.538. The molecule has 1 unspecified atom stereocenters. The first-order valence-corrected chi connectivity index (χ1v) is 4.49. The molecular weight excluding hydrogens is 158 g/mol. The maximum Gasteiger partial charge on any atom is 0.0756 e. The number of nitrogens with zero attached hydrogens (tertiary/aromatic N) is 2. The molecule has 1 rings (SSSR count). The summed E-state index contributed by atoms with van der Waals surface area (Å²) in [4.78, 5) is 1.27. The first-order valence-electron chi connectivity index (χ1n) is 3.72. The van der Waals surface area contributed by atoms with Crippen molar-refractivity contribution in [2.75, 3.05) is 6.54 Å². The Balaban J connectivity index is 2.56. The molecule has 0 aliphatic rings. The lowest BCUT2D eigenvalue weighted by atomic mass is 10.1. The van der Waals surface area contributed by atoms with E-state index >= 15 is 0 Å². The van der Waals surface area contributed by atoms with Crippen LogP contribution in [0.25, 0.3) is 0 Å². The smallest absolute Gasteiger partial charge is 0.0756 e. The summed E-state index contributed by atoms with van der Waals surface area (Å²) >= 11 is 1.48. The lowest BCUT2D eigenvalue weighted by Gasteiger charge is -2.04. The van der Waals surface area contributed by atoms with Crippen LogP contribution in [0.4, 0.5) is 0 Å². The molecule has 62 valence electrons. The summed E-state index contributed by atoms with van der Waals surface area (Å²) in [7, 11) is 0. The Kier molecular flexibility index (Phi) is 2.96. The molecule has 1 aromatic heterocycles. The van der Waals surface area contributed by atoms with Gasteiger partial charge in [-0.2, -0.15) is 0 Å². The van der Waals surface area contributed by atoms with E-state index in [2.05, 4.69) is 16.5 Å². The molecule has 11 heavy (non-hydrogen) atoms. The fraction of sp³-hybridized carbons (Fsp3) is 0.714. The molecule has 1 aromatic rings. The second-order valence-electron chi connectivity index (χ2n) is 2.83. The summed E-state index contributed by atoms with van der Waals surface area (Å²) in [5, 5.41) is 3.93. The van der Waals surface area contributed by atoms with E-state index in [1.54, 1.807) is 0 Å². The van der Waals surface area contributed by atoms with Crippen LogP contribution in [0.1, 0.15) is 17.5 Å². The highest BCUT2D eigenvalue weighted by molar-refractivity contribution is 7.05. The molecule has 0 bridgehead atoms. The van der Waals surface area contributed by atoms with Crippen molar-refractivity contribution in [2.45, 2.75) is 20.3 Å². The zero-order valence-corrected chi connectivity index (χ0v) is 7.69. The first-order chi connectivity index (χ1) is 5.24. The third kappa shape index (κ3) is 2.24. The Bertz CT molecular complexity index is 221. The van der Waals surface area contributed by atoms with Crippen LogP contribution in [0.2, 0.25) is 0 Å². The minimum absolute atomic E-state index is 0.538. The lowest BCUT2D eigenvalue weighted by Crippen LogP contribution is -2.12. The number of hydrogen-bond acceptors (Lipinski definition) is 4. The molecule has 0 radical (unpaired) electrons. The fourth-order valence-electron chi connectivity index (χ4n) is 0.838. The maximum absolute atomic E-state index is 5.50. The van der Waals surface area contributed by atoms with Crippen molar-refractivity contribution in [3.63, 3.8) is 0 Å². The van der Waals surface area contributed by atoms with Gasteiger partial charge in [0.15, 0.2) is 0 Å². The van der Waals surface area contributed by atoms with Gasteiger partial charge in [0.1, 0.15) is 0 Å². The van der Waals surface area contributed by atoms with Crippen LogP contribution in [-0.2, 0) is 6.42 Å². The van der Waals surface area contributed by atoms with Crippen LogP contribution in [0.15, 0.2) is 0 Å². The van der Waals surface area contributed by atoms with E-state index in [1.807, 2.05) is 6.92 Å². The highest BCUT2D eigenvalue weighted by atomic mass is 32.1. The third-order valence-electron chi connectivity index (χ3n) is 1.68. The van der Waals surface area contributed by atoms with E-state index in [9.17, 15) is 0 Å². The molecule has 4 heteroatoms. The highest BCUT2D eigenvalue weighted by Gasteiger charge is 2.06. The van der Waals surface area contributed by atoms with Gasteiger partial charge in [-0.25, -0.2) is 0 Å². The Morgan fingerprint density at radius 3 is 2.82 bits per heavy atom. The molecule has 0 aromatic carbocycles. The average molecular weight is 171 g/mol. The Hall–Kier alpha value is -0.480. The molecule has 0 amide bonds. The van der Waals surface area contributed by atoms with Crippen molar-refractivity contribution in [3.8, 4) is 0 Å². The largest absolute Gasteiger partial charge is 0.330 e. The van der Waals surface area contributed by atoms with Gasteiger partial charge in [0.25, 0.3) is 0 Å². The minimum atomic E-state index is 0.538. The molecule has 0 saturated carbocycles. The standard InChI is InChI=1S/C7H13N3S/c1-5(4-8)3-7-6(2)9-10-11-7/h5H,3-4,8H2,1-2H3. The molecule has 1 atom stereocenters. The van der Waals surface area contributed by atoms with Crippen LogP contribution in [0.5, 0.6) is 0 Å². The summed E-state index contributed by atoms with van der Waals surface area (Å²) in [5.41, 5.74) is 6.55. The van der Waals surface area contributed by atoms with E-state index in [-0.39, 0.29) is 0 Å². The van der Waals surface area contributed by atoms with E-state index in [0.29, 0.717) is 5.92 Å². The highest BCUT2D eigenvalue weighted by Crippen LogP contribution is 2.13. The van der Waals surface area contributed by atoms with E-state index in [1.165, 1.54) is 16.4 Å². The van der Waals surface area contributed by atoms with Gasteiger partial charge in [0, 0.05) is 4.88 Å². The summed E-state index contributed by atoms with van der Waals surface area (Å²) in [6.45, 7) is 4.86. The minimum Gasteiger partial charge on any atom is -0.330 e. The zero-order chi connectivity index (χ0) is 8.27. The van der Waals surface area contributed by atoms with Crippen molar-refractivity contribution in [3.05, 3.63) is 10.6 Å². The van der Waals surface area contributed by atoms with Gasteiger partial charge in [-0.3, -0.25) is 0 Å². The second-order valence-corrected chi connectivity index (χ2v) is 3.67. The van der Waals surface area contributed by atoms with Crippen LogP contribution in [-0.4, -0.2) is 16.1 Å². The van der Waals surface area contributed by atoms with Crippen molar-refractivity contribution in [1.82, 2.24) is 9.59 Å². The van der Waals surface area contributed by atoms with Gasteiger partial charge >= 0.3 is 0 Å². The van der Waals surface area contributed by atoms with Gasteiger partial charge in [0.2, 0.25) is 0 Å². The molecule has 0 spiro atoms. The number of nitrogens with two attached hydrogens (primary N) is 1. The van der Waals surface area contributed by atoms with Crippen molar-refractivity contribution >= 4 is 11.5 Å². The molecule has 2 N–H and O–H groups in total. The predicted molar refractivity (Wildman–Crippen MR) is 46.6 cm³/mol. The van der Waals surface area contributed by atoms with Gasteiger partial charge in [-0.15, -0.1) is 5.10 Å². The Labute approximate surface area is 70.8 Å². The molecule has 0 aliphatic heterocycles. The van der Waals surface area contributed by atoms with Crippen molar-refractivity contribution < 1.29 is 0 Å². The summed E-state index contributed by atoms with van der Waals surface area (Å²) in [6, 6.07) is 0. The maximum atomic E-state index is 5.50. The predicted octanol–water partition coefficient (Wildman–Crippen LogP) is 0.984. The van der Waals surface area contributed by atoms with Crippen molar-refractivity contribution in [1.29, 1.82) is 0 Å². The molecule has 0 fully saturated rings. The number of rotatable bonds is 3. The lowest BCUT2D eigenvalue weighted by molar-refractivity contribution is 0.596. The molecule has 0 aliphatic carbocycles. The van der Waals surface area contributed by atoms with Gasteiger partial charge in [-0.05, 0) is 37.3 Å². The fourth-order valence-corrected chi connectivity index (χ4v) is 1.63. The quantitative estimate of drug-likeness (QED) is 0.737. The van der Waals surface area contributed by atoms with Gasteiger partial charge < -0.3 is 5.73 Å². The van der Waals surface area contributed by atoms with Crippen LogP contribution < -0.4 is 5.73 Å². The first kappa shape index (κ1) is 8.62. The summed E-state index contributed by atoms with van der Waals surface area (Å²) in [6.07, 6.45) is 1.01. The number of aryl methyl sites for hydroxylation is 1. The van der Waals surface area contributed by atoms with Gasteiger partial charge in [-0.1, -0.05) is 11.4 Å². The normalized spacial score (nSPS) is 13.4. The van der Waals surface area contributed by atoms with Gasteiger partial charge in [0.05, 0.1) is 5.69 Å². The topological polar surface area (TPSA) is 51.8 Å². The number of hydrogen-bond donors (Lipinski definition) is 1. The Morgan fingerprint density at radius 2 is 2.36 bits per heavy atom. The van der Waals surface area contributed by atoms with E-state index in [0.717, 1.165) is 18.7 Å². The van der Waals surface area contributed by atoms with E-state index in [4.69, 9.17) is 5.73 Å². The van der Waals surface area contributed by atoms with E-state index < -0.39 is 0 Å². The SMILES string of the molecule is Cc1nnsc1CC(C)CN. The molecule has 0 saturated heterocycles. The van der Waals surface area contributed by atoms with Crippen LogP contribution in [0, 0.1) is 12.8 Å². The average Bonchev–Trinajstić information content (AvgIpc) is 2.37. The summed E-state index contributed by atoms with van der Waals surface area (Å²) < 4.78 is 3.86. The molecule has 1 heterocycles. The number of aromatic nitrogens is 2. The Morgan fingerprint density at radius 1 is 1.64 bits per heavy atom. The van der Waals surface area contributed by atoms with Crippen LogP contribution in [0.3, 0.4) is 0 Å². The second kappa shape index (κ2) is 3.78. The zero-order valence-electron chi connectivity index (χ0n) is 6.87. The van der Waals surface area contributed by atoms with Crippen molar-refractivity contribution in [2.24, 2.45) is 11.7 Å².